The Balaban J connectivity index is 2.19. The number of ether oxygens (including phenoxy) is 2. The second-order valence-electron chi connectivity index (χ2n) is 1.84. The third-order valence-corrected chi connectivity index (χ3v) is 1.06. The molecule has 0 aromatic carbocycles. The smallest absolute Gasteiger partial charge is 0.222 e. The van der Waals surface area contributed by atoms with Crippen LogP contribution < -0.4 is 5.73 Å². The summed E-state index contributed by atoms with van der Waals surface area (Å²) in [6, 6.07) is 0. The van der Waals surface area contributed by atoms with Crippen molar-refractivity contribution in [1.29, 1.82) is 0 Å². The molecule has 2 N–H and O–H groups in total. The van der Waals surface area contributed by atoms with Crippen molar-refractivity contribution in [3.63, 3.8) is 0 Å². The van der Waals surface area contributed by atoms with Crippen LogP contribution in [0.5, 0.6) is 0 Å². The SMILES string of the molecule is NC(=O)CC1OCCO1. The Morgan fingerprint density at radius 1 is 1.56 bits per heavy atom. The van der Waals surface area contributed by atoms with Crippen molar-refractivity contribution in [1.82, 2.24) is 0 Å². The Morgan fingerprint density at radius 2 is 2.11 bits per heavy atom. The molecule has 1 rings (SSSR count). The number of carbonyl (C=O) groups is 1. The quantitative estimate of drug-likeness (QED) is 0.535. The summed E-state index contributed by atoms with van der Waals surface area (Å²) in [4.78, 5) is 10.2. The minimum absolute atomic E-state index is 0.167. The lowest BCUT2D eigenvalue weighted by atomic mass is 10.4. The Kier molecular flexibility index (Phi) is 2.02. The zero-order valence-corrected chi connectivity index (χ0v) is 5.00. The molecule has 1 aliphatic rings. The van der Waals surface area contributed by atoms with Crippen LogP contribution in [-0.4, -0.2) is 25.4 Å². The van der Waals surface area contributed by atoms with Gasteiger partial charge in [0.2, 0.25) is 5.91 Å². The maximum absolute atomic E-state index is 10.2. The van der Waals surface area contributed by atoms with Gasteiger partial charge in [0.15, 0.2) is 6.29 Å². The Morgan fingerprint density at radius 3 is 2.56 bits per heavy atom. The van der Waals surface area contributed by atoms with Gasteiger partial charge >= 0.3 is 0 Å². The summed E-state index contributed by atoms with van der Waals surface area (Å²) in [5.74, 6) is -0.387. The summed E-state index contributed by atoms with van der Waals surface area (Å²) in [5, 5.41) is 0. The summed E-state index contributed by atoms with van der Waals surface area (Å²) in [7, 11) is 0. The van der Waals surface area contributed by atoms with Crippen molar-refractivity contribution < 1.29 is 14.3 Å². The molecule has 0 radical (unpaired) electrons. The lowest BCUT2D eigenvalue weighted by Gasteiger charge is -2.03. The fourth-order valence-electron chi connectivity index (χ4n) is 0.689. The molecular weight excluding hydrogens is 122 g/mol. The Labute approximate surface area is 52.9 Å². The van der Waals surface area contributed by atoms with Crippen LogP contribution in [0.15, 0.2) is 0 Å². The molecule has 0 spiro atoms. The lowest BCUT2D eigenvalue weighted by Crippen LogP contribution is -2.20. The highest BCUT2D eigenvalue weighted by Gasteiger charge is 2.17. The van der Waals surface area contributed by atoms with Crippen LogP contribution in [0.1, 0.15) is 6.42 Å². The molecule has 0 bridgehead atoms. The predicted octanol–water partition coefficient (Wildman–Crippen LogP) is -0.765. The zero-order chi connectivity index (χ0) is 6.69. The molecule has 1 heterocycles. The summed E-state index contributed by atoms with van der Waals surface area (Å²) < 4.78 is 9.88. The first kappa shape index (κ1) is 6.51. The topological polar surface area (TPSA) is 61.6 Å². The van der Waals surface area contributed by atoms with E-state index >= 15 is 0 Å². The van der Waals surface area contributed by atoms with E-state index in [0.29, 0.717) is 13.2 Å². The third-order valence-electron chi connectivity index (χ3n) is 1.06. The van der Waals surface area contributed by atoms with Gasteiger partial charge in [0.05, 0.1) is 19.6 Å². The Bertz CT molecular complexity index is 109. The van der Waals surface area contributed by atoms with Gasteiger partial charge in [-0.2, -0.15) is 0 Å². The molecule has 0 atom stereocenters. The van der Waals surface area contributed by atoms with E-state index in [1.807, 2.05) is 0 Å². The molecule has 1 saturated heterocycles. The van der Waals surface area contributed by atoms with E-state index in [2.05, 4.69) is 0 Å². The molecule has 52 valence electrons. The van der Waals surface area contributed by atoms with Gasteiger partial charge in [-0.15, -0.1) is 0 Å². The fraction of sp³-hybridized carbons (Fsp3) is 0.800. The van der Waals surface area contributed by atoms with Gasteiger partial charge in [-0.05, 0) is 0 Å². The van der Waals surface area contributed by atoms with Crippen LogP contribution in [0.4, 0.5) is 0 Å². The van der Waals surface area contributed by atoms with Crippen molar-refractivity contribution in [2.24, 2.45) is 5.73 Å². The molecule has 0 saturated carbocycles. The summed E-state index contributed by atoms with van der Waals surface area (Å²) in [6.45, 7) is 1.13. The van der Waals surface area contributed by atoms with E-state index in [0.717, 1.165) is 0 Å². The highest BCUT2D eigenvalue weighted by Crippen LogP contribution is 2.06. The predicted molar refractivity (Wildman–Crippen MR) is 29.5 cm³/mol. The van der Waals surface area contributed by atoms with Crippen LogP contribution in [0.3, 0.4) is 0 Å². The van der Waals surface area contributed by atoms with E-state index in [1.54, 1.807) is 0 Å². The zero-order valence-electron chi connectivity index (χ0n) is 5.00. The van der Waals surface area contributed by atoms with Gasteiger partial charge in [0.1, 0.15) is 0 Å². The fourth-order valence-corrected chi connectivity index (χ4v) is 0.689. The maximum atomic E-state index is 10.2. The molecule has 0 aliphatic carbocycles. The molecule has 1 aliphatic heterocycles. The van der Waals surface area contributed by atoms with E-state index < -0.39 is 0 Å². The monoisotopic (exact) mass is 131 g/mol. The highest BCUT2D eigenvalue weighted by atomic mass is 16.7. The molecule has 0 aromatic rings. The van der Waals surface area contributed by atoms with E-state index in [9.17, 15) is 4.79 Å². The molecule has 9 heavy (non-hydrogen) atoms. The van der Waals surface area contributed by atoms with Gasteiger partial charge in [0, 0.05) is 0 Å². The number of rotatable bonds is 2. The summed E-state index contributed by atoms with van der Waals surface area (Å²) >= 11 is 0. The van der Waals surface area contributed by atoms with Crippen LogP contribution in [0, 0.1) is 0 Å². The molecule has 4 heteroatoms. The minimum atomic E-state index is -0.387. The molecular formula is C5H9NO3. The third kappa shape index (κ3) is 1.99. The molecule has 1 amide bonds. The van der Waals surface area contributed by atoms with E-state index in [4.69, 9.17) is 15.2 Å². The summed E-state index contributed by atoms with van der Waals surface area (Å²) in [5.41, 5.74) is 4.87. The highest BCUT2D eigenvalue weighted by molar-refractivity contribution is 5.74. The van der Waals surface area contributed by atoms with Gasteiger partial charge in [0.25, 0.3) is 0 Å². The first-order valence-corrected chi connectivity index (χ1v) is 2.80. The summed E-state index contributed by atoms with van der Waals surface area (Å²) in [6.07, 6.45) is -0.220. The number of carbonyl (C=O) groups excluding carboxylic acids is 1. The first-order valence-electron chi connectivity index (χ1n) is 2.80. The lowest BCUT2D eigenvalue weighted by molar-refractivity contribution is -0.126. The van der Waals surface area contributed by atoms with E-state index in [1.165, 1.54) is 0 Å². The Hall–Kier alpha value is -0.610. The van der Waals surface area contributed by atoms with Crippen molar-refractivity contribution in [3.8, 4) is 0 Å². The van der Waals surface area contributed by atoms with Crippen LogP contribution in [0.2, 0.25) is 0 Å². The van der Waals surface area contributed by atoms with Crippen molar-refractivity contribution in [2.45, 2.75) is 12.7 Å². The van der Waals surface area contributed by atoms with Crippen molar-refractivity contribution in [3.05, 3.63) is 0 Å². The number of hydrogen-bond donors (Lipinski definition) is 1. The standard InChI is InChI=1S/C5H9NO3/c6-4(7)3-5-8-1-2-9-5/h5H,1-3H2,(H2,6,7). The van der Waals surface area contributed by atoms with Crippen LogP contribution in [0.25, 0.3) is 0 Å². The molecule has 0 unspecified atom stereocenters. The van der Waals surface area contributed by atoms with Gasteiger partial charge < -0.3 is 15.2 Å². The average Bonchev–Trinajstić information content (AvgIpc) is 2.15. The number of hydrogen-bond acceptors (Lipinski definition) is 3. The molecule has 4 nitrogen and oxygen atoms in total. The second kappa shape index (κ2) is 2.80. The first-order chi connectivity index (χ1) is 4.29. The van der Waals surface area contributed by atoms with Gasteiger partial charge in [-0.1, -0.05) is 0 Å². The number of primary amides is 1. The van der Waals surface area contributed by atoms with Crippen LogP contribution in [-0.2, 0) is 14.3 Å². The molecule has 1 fully saturated rings. The van der Waals surface area contributed by atoms with E-state index in [-0.39, 0.29) is 18.6 Å². The normalized spacial score (nSPS) is 20.4. The maximum Gasteiger partial charge on any atom is 0.222 e. The number of nitrogens with two attached hydrogens (primary N) is 1. The van der Waals surface area contributed by atoms with Gasteiger partial charge in [-0.25, -0.2) is 0 Å². The average molecular weight is 131 g/mol. The van der Waals surface area contributed by atoms with Crippen molar-refractivity contribution >= 4 is 5.91 Å². The van der Waals surface area contributed by atoms with Crippen molar-refractivity contribution in [2.75, 3.05) is 13.2 Å². The van der Waals surface area contributed by atoms with Gasteiger partial charge in [-0.3, -0.25) is 4.79 Å². The minimum Gasteiger partial charge on any atom is -0.370 e. The largest absolute Gasteiger partial charge is 0.370 e. The van der Waals surface area contributed by atoms with Crippen LogP contribution >= 0.6 is 0 Å². The number of amides is 1. The molecule has 0 aromatic heterocycles. The second-order valence-corrected chi connectivity index (χ2v) is 1.84.